The first-order valence-corrected chi connectivity index (χ1v) is 7.60. The molecule has 0 atom stereocenters. The van der Waals surface area contributed by atoms with E-state index in [0.29, 0.717) is 10.9 Å². The molecule has 3 rings (SSSR count). The first-order valence-electron chi connectivity index (χ1n) is 7.60. The third-order valence-corrected chi connectivity index (χ3v) is 4.03. The fourth-order valence-electron chi connectivity index (χ4n) is 2.84. The predicted molar refractivity (Wildman–Crippen MR) is 95.5 cm³/mol. The van der Waals surface area contributed by atoms with Crippen molar-refractivity contribution >= 4 is 28.8 Å². The minimum absolute atomic E-state index is 0. The smallest absolute Gasteiger partial charge is 1.00 e. The van der Waals surface area contributed by atoms with Gasteiger partial charge in [-0.05, 0) is 11.1 Å². The molecule has 0 bridgehead atoms. The molecule has 1 heterocycles. The van der Waals surface area contributed by atoms with Gasteiger partial charge < -0.3 is 21.5 Å². The van der Waals surface area contributed by atoms with Crippen molar-refractivity contribution in [1.29, 1.82) is 0 Å². The van der Waals surface area contributed by atoms with E-state index in [-0.39, 0.29) is 81.4 Å². The molecule has 0 aliphatic rings. The number of hydrogen-bond acceptors (Lipinski definition) is 5. The topological polar surface area (TPSA) is 162 Å². The molecule has 10 heteroatoms. The van der Waals surface area contributed by atoms with E-state index in [2.05, 4.69) is 0 Å². The Bertz CT molecular complexity index is 1010. The van der Waals surface area contributed by atoms with Gasteiger partial charge in [-0.3, -0.25) is 19.7 Å². The minimum Gasteiger partial charge on any atom is -1.00 e. The number of carboxylic acids is 2. The molecule has 28 heavy (non-hydrogen) atoms. The number of hydrogen-bond donors (Lipinski definition) is 2. The van der Waals surface area contributed by atoms with E-state index >= 15 is 0 Å². The largest absolute Gasteiger partial charge is 1.00 e. The summed E-state index contributed by atoms with van der Waals surface area (Å²) in [6.45, 7) is 0. The number of aliphatic carboxylic acids is 2. The van der Waals surface area contributed by atoms with E-state index in [1.165, 1.54) is 6.07 Å². The number of benzene rings is 2. The van der Waals surface area contributed by atoms with Crippen LogP contribution in [0, 0.1) is 16.0 Å². The van der Waals surface area contributed by atoms with E-state index in [4.69, 9.17) is 14.6 Å². The molecule has 9 nitrogen and oxygen atoms in total. The Balaban J connectivity index is 0.00000261. The van der Waals surface area contributed by atoms with Crippen LogP contribution in [0.1, 0.15) is 6.99 Å². The zero-order chi connectivity index (χ0) is 18.8. The van der Waals surface area contributed by atoms with Crippen LogP contribution in [0.3, 0.4) is 0 Å². The molecule has 0 saturated heterocycles. The van der Waals surface area contributed by atoms with E-state index in [1.807, 2.05) is 0 Å². The molecule has 4 N–H and O–H groups in total. The Hall–Kier alpha value is -2.08. The van der Waals surface area contributed by atoms with Crippen LogP contribution in [0.2, 0.25) is 0 Å². The maximum absolute atomic E-state index is 11.4. The van der Waals surface area contributed by atoms with Crippen molar-refractivity contribution in [2.45, 2.75) is 6.42 Å². The molecule has 0 aliphatic carbocycles. The summed E-state index contributed by atoms with van der Waals surface area (Å²) < 4.78 is 5.42. The van der Waals surface area contributed by atoms with Gasteiger partial charge in [0.05, 0.1) is 0 Å². The van der Waals surface area contributed by atoms with Gasteiger partial charge in [-0.25, -0.2) is 0 Å². The van der Waals surface area contributed by atoms with Crippen molar-refractivity contribution in [2.75, 3.05) is 0 Å². The summed E-state index contributed by atoms with van der Waals surface area (Å²) in [6.07, 6.45) is -0.346. The molecule has 0 saturated carbocycles. The van der Waals surface area contributed by atoms with Gasteiger partial charge in [0.1, 0.15) is 16.1 Å². The summed E-state index contributed by atoms with van der Waals surface area (Å²) in [5.74, 6) is -5.12. The van der Waals surface area contributed by atoms with Crippen LogP contribution in [-0.2, 0) is 16.0 Å². The molecule has 0 spiro atoms. The third kappa shape index (κ3) is 4.66. The summed E-state index contributed by atoms with van der Waals surface area (Å²) in [7, 11) is 0. The molecular formula is C18H16KNO8. The first-order chi connectivity index (χ1) is 12.4. The molecule has 1 aromatic heterocycles. The van der Waals surface area contributed by atoms with Crippen molar-refractivity contribution in [3.8, 4) is 11.1 Å². The summed E-state index contributed by atoms with van der Waals surface area (Å²) in [5, 5.41) is 30.0. The SMILES string of the molecule is O.O=C(O)C(Cc1cccc2c(-c3ccccc3)c([N+](=O)[O-])oc12)C(=O)O.[H-].[K+]. The summed E-state index contributed by atoms with van der Waals surface area (Å²) in [5.41, 5.74) is 1.24. The standard InChI is InChI=1S/C18H13NO7.K.H2O.H/c20-17(21)13(18(22)23)9-11-7-4-8-12-14(10-5-2-1-3-6-10)16(19(24)25)26-15(11)12;;;/h1-8,13H,9H2,(H,20,21)(H,22,23);;1H2;/q;+1;;-1. The van der Waals surface area contributed by atoms with E-state index in [0.717, 1.165) is 0 Å². The fraction of sp³-hybridized carbons (Fsp3) is 0.111. The monoisotopic (exact) mass is 413 g/mol. The summed E-state index contributed by atoms with van der Waals surface area (Å²) >= 11 is 0. The van der Waals surface area contributed by atoms with Crippen LogP contribution in [0.15, 0.2) is 52.9 Å². The molecule has 2 aromatic carbocycles. The minimum atomic E-state index is -1.68. The van der Waals surface area contributed by atoms with Crippen LogP contribution < -0.4 is 51.4 Å². The Morgan fingerprint density at radius 1 is 1.07 bits per heavy atom. The van der Waals surface area contributed by atoms with Gasteiger partial charge in [0, 0.05) is 11.8 Å². The van der Waals surface area contributed by atoms with Crippen LogP contribution in [0.5, 0.6) is 0 Å². The molecule has 142 valence electrons. The predicted octanol–water partition coefficient (Wildman–Crippen LogP) is -0.372. The van der Waals surface area contributed by atoms with Gasteiger partial charge >= 0.3 is 69.2 Å². The maximum atomic E-state index is 11.4. The molecule has 0 aliphatic heterocycles. The zero-order valence-corrected chi connectivity index (χ0v) is 17.9. The second kappa shape index (κ2) is 9.91. The summed E-state index contributed by atoms with van der Waals surface area (Å²) in [6, 6.07) is 13.3. The van der Waals surface area contributed by atoms with Crippen molar-refractivity contribution in [1.82, 2.24) is 0 Å². The second-order valence-corrected chi connectivity index (χ2v) is 5.63. The zero-order valence-electron chi connectivity index (χ0n) is 15.8. The summed E-state index contributed by atoms with van der Waals surface area (Å²) in [4.78, 5) is 33.1. The average Bonchev–Trinajstić information content (AvgIpc) is 3.00. The average molecular weight is 413 g/mol. The van der Waals surface area contributed by atoms with Crippen molar-refractivity contribution < 1.29 is 87.4 Å². The van der Waals surface area contributed by atoms with Gasteiger partial charge in [0.15, 0.2) is 5.92 Å². The molecule has 0 amide bonds. The number of fused-ring (bicyclic) bond motifs is 1. The number of nitro groups is 1. The first kappa shape index (κ1) is 24.0. The molecular weight excluding hydrogens is 397 g/mol. The van der Waals surface area contributed by atoms with Gasteiger partial charge in [-0.15, -0.1) is 0 Å². The Morgan fingerprint density at radius 3 is 2.21 bits per heavy atom. The van der Waals surface area contributed by atoms with E-state index in [1.54, 1.807) is 42.5 Å². The Labute approximate surface area is 202 Å². The van der Waals surface area contributed by atoms with Gasteiger partial charge in [-0.2, -0.15) is 0 Å². The quantitative estimate of drug-likeness (QED) is 0.241. The van der Waals surface area contributed by atoms with Crippen LogP contribution in [-0.4, -0.2) is 32.6 Å². The molecule has 0 radical (unpaired) electrons. The third-order valence-electron chi connectivity index (χ3n) is 4.03. The Kier molecular flexibility index (Phi) is 8.48. The van der Waals surface area contributed by atoms with Crippen molar-refractivity contribution in [3.05, 3.63) is 64.2 Å². The van der Waals surface area contributed by atoms with Crippen LogP contribution in [0.25, 0.3) is 22.1 Å². The molecule has 0 fully saturated rings. The number of para-hydroxylation sites is 1. The van der Waals surface area contributed by atoms with E-state index < -0.39 is 28.7 Å². The van der Waals surface area contributed by atoms with Gasteiger partial charge in [-0.1, -0.05) is 48.5 Å². The van der Waals surface area contributed by atoms with Crippen molar-refractivity contribution in [2.24, 2.45) is 5.92 Å². The molecule has 0 unspecified atom stereocenters. The fourth-order valence-corrected chi connectivity index (χ4v) is 2.84. The number of furan rings is 1. The normalized spacial score (nSPS) is 10.2. The maximum Gasteiger partial charge on any atom is 1.00 e. The number of rotatable bonds is 6. The van der Waals surface area contributed by atoms with Crippen LogP contribution >= 0.6 is 0 Å². The van der Waals surface area contributed by atoms with Crippen molar-refractivity contribution in [3.63, 3.8) is 0 Å². The number of carbonyl (C=O) groups is 2. The van der Waals surface area contributed by atoms with Gasteiger partial charge in [0.25, 0.3) is 0 Å². The van der Waals surface area contributed by atoms with Gasteiger partial charge in [0.2, 0.25) is 0 Å². The van der Waals surface area contributed by atoms with Crippen LogP contribution in [0.4, 0.5) is 5.88 Å². The van der Waals surface area contributed by atoms with E-state index in [9.17, 15) is 19.7 Å². The number of nitrogens with zero attached hydrogens (tertiary/aromatic N) is 1. The molecule has 3 aromatic rings. The number of carboxylic acid groups (broad SMARTS) is 2. The second-order valence-electron chi connectivity index (χ2n) is 5.63. The Morgan fingerprint density at radius 2 is 1.68 bits per heavy atom.